The molecule has 2 heterocycles. The summed E-state index contributed by atoms with van der Waals surface area (Å²) in [5.74, 6) is 0.401. The van der Waals surface area contributed by atoms with Crippen LogP contribution in [0.2, 0.25) is 0 Å². The third kappa shape index (κ3) is 2.93. The minimum Gasteiger partial charge on any atom is -0.361 e. The zero-order valence-electron chi connectivity index (χ0n) is 9.80. The van der Waals surface area contributed by atoms with Crippen LogP contribution < -0.4 is 5.32 Å². The lowest BCUT2D eigenvalue weighted by atomic mass is 10.3. The first kappa shape index (κ1) is 11.4. The Kier molecular flexibility index (Phi) is 3.22. The standard InChI is InChI=1S/C11H14N4O2/c1-8-5-10(14-17-8)11(16)12-4-3-9-6-15(2)7-13-9/h5-7H,3-4H2,1-2H3,(H,12,16). The number of carbonyl (C=O) groups is 1. The summed E-state index contributed by atoms with van der Waals surface area (Å²) in [5.41, 5.74) is 1.26. The predicted molar refractivity (Wildman–Crippen MR) is 60.5 cm³/mol. The second kappa shape index (κ2) is 4.82. The number of hydrogen-bond acceptors (Lipinski definition) is 4. The van der Waals surface area contributed by atoms with E-state index in [1.54, 1.807) is 19.3 Å². The topological polar surface area (TPSA) is 73.0 Å². The van der Waals surface area contributed by atoms with Gasteiger partial charge in [-0.2, -0.15) is 0 Å². The lowest BCUT2D eigenvalue weighted by Gasteiger charge is -2.00. The van der Waals surface area contributed by atoms with Crippen molar-refractivity contribution in [1.82, 2.24) is 20.0 Å². The van der Waals surface area contributed by atoms with Crippen molar-refractivity contribution in [2.75, 3.05) is 6.54 Å². The van der Waals surface area contributed by atoms with Crippen LogP contribution in [0.3, 0.4) is 0 Å². The van der Waals surface area contributed by atoms with E-state index in [0.29, 0.717) is 24.4 Å². The number of aromatic nitrogens is 3. The van der Waals surface area contributed by atoms with Crippen molar-refractivity contribution < 1.29 is 9.32 Å². The van der Waals surface area contributed by atoms with Crippen LogP contribution in [0.5, 0.6) is 0 Å². The van der Waals surface area contributed by atoms with E-state index in [1.807, 2.05) is 17.8 Å². The van der Waals surface area contributed by atoms with Crippen LogP contribution in [0.4, 0.5) is 0 Å². The summed E-state index contributed by atoms with van der Waals surface area (Å²) >= 11 is 0. The second-order valence-electron chi connectivity index (χ2n) is 3.86. The van der Waals surface area contributed by atoms with E-state index >= 15 is 0 Å². The molecule has 1 amide bonds. The van der Waals surface area contributed by atoms with Crippen molar-refractivity contribution in [3.05, 3.63) is 35.7 Å². The molecular weight excluding hydrogens is 220 g/mol. The smallest absolute Gasteiger partial charge is 0.273 e. The fourth-order valence-electron chi connectivity index (χ4n) is 1.46. The minimum absolute atomic E-state index is 0.224. The molecule has 90 valence electrons. The number of nitrogens with one attached hydrogen (secondary N) is 1. The predicted octanol–water partition coefficient (Wildman–Crippen LogP) is 0.689. The number of hydrogen-bond donors (Lipinski definition) is 1. The molecule has 0 aliphatic carbocycles. The van der Waals surface area contributed by atoms with Crippen molar-refractivity contribution in [1.29, 1.82) is 0 Å². The van der Waals surface area contributed by atoms with E-state index in [4.69, 9.17) is 4.52 Å². The average molecular weight is 234 g/mol. The second-order valence-corrected chi connectivity index (χ2v) is 3.86. The van der Waals surface area contributed by atoms with Gasteiger partial charge in [-0.3, -0.25) is 4.79 Å². The summed E-state index contributed by atoms with van der Waals surface area (Å²) < 4.78 is 6.70. The SMILES string of the molecule is Cc1cc(C(=O)NCCc2cn(C)cn2)no1. The van der Waals surface area contributed by atoms with Crippen molar-refractivity contribution in [3.8, 4) is 0 Å². The van der Waals surface area contributed by atoms with Gasteiger partial charge in [0, 0.05) is 32.3 Å². The third-order valence-corrected chi connectivity index (χ3v) is 2.29. The molecule has 0 radical (unpaired) electrons. The highest BCUT2D eigenvalue weighted by Crippen LogP contribution is 2.01. The van der Waals surface area contributed by atoms with E-state index in [1.165, 1.54) is 0 Å². The monoisotopic (exact) mass is 234 g/mol. The Balaban J connectivity index is 1.81. The fourth-order valence-corrected chi connectivity index (χ4v) is 1.46. The van der Waals surface area contributed by atoms with Gasteiger partial charge in [0.1, 0.15) is 5.76 Å². The first-order chi connectivity index (χ1) is 8.15. The molecule has 2 rings (SSSR count). The molecule has 0 aliphatic heterocycles. The number of carbonyl (C=O) groups excluding carboxylic acids is 1. The van der Waals surface area contributed by atoms with Crippen molar-refractivity contribution >= 4 is 5.91 Å². The van der Waals surface area contributed by atoms with Crippen LogP contribution >= 0.6 is 0 Å². The highest BCUT2D eigenvalue weighted by atomic mass is 16.5. The Morgan fingerprint density at radius 1 is 1.59 bits per heavy atom. The van der Waals surface area contributed by atoms with Gasteiger partial charge in [-0.15, -0.1) is 0 Å². The van der Waals surface area contributed by atoms with Crippen LogP contribution in [0.15, 0.2) is 23.1 Å². The summed E-state index contributed by atoms with van der Waals surface area (Å²) in [6.07, 6.45) is 4.36. The summed E-state index contributed by atoms with van der Waals surface area (Å²) in [5, 5.41) is 6.40. The molecule has 0 unspecified atom stereocenters. The number of nitrogens with zero attached hydrogens (tertiary/aromatic N) is 3. The zero-order valence-corrected chi connectivity index (χ0v) is 9.80. The first-order valence-electron chi connectivity index (χ1n) is 5.33. The molecule has 0 saturated carbocycles. The Morgan fingerprint density at radius 3 is 3.00 bits per heavy atom. The van der Waals surface area contributed by atoms with Gasteiger partial charge >= 0.3 is 0 Å². The maximum absolute atomic E-state index is 11.6. The van der Waals surface area contributed by atoms with Crippen LogP contribution in [-0.2, 0) is 13.5 Å². The molecule has 0 aromatic carbocycles. The van der Waals surface area contributed by atoms with Gasteiger partial charge in [-0.1, -0.05) is 5.16 Å². The maximum atomic E-state index is 11.6. The molecule has 0 spiro atoms. The summed E-state index contributed by atoms with van der Waals surface area (Å²) in [6.45, 7) is 2.28. The summed E-state index contributed by atoms with van der Waals surface area (Å²) in [4.78, 5) is 15.8. The molecule has 0 fully saturated rings. The Hall–Kier alpha value is -2.11. The van der Waals surface area contributed by atoms with Crippen LogP contribution in [0.25, 0.3) is 0 Å². The van der Waals surface area contributed by atoms with E-state index in [2.05, 4.69) is 15.5 Å². The molecule has 0 saturated heterocycles. The van der Waals surface area contributed by atoms with Crippen LogP contribution in [0.1, 0.15) is 21.9 Å². The molecule has 6 nitrogen and oxygen atoms in total. The van der Waals surface area contributed by atoms with E-state index in [-0.39, 0.29) is 5.91 Å². The molecule has 6 heteroatoms. The maximum Gasteiger partial charge on any atom is 0.273 e. The van der Waals surface area contributed by atoms with E-state index in [0.717, 1.165) is 5.69 Å². The minimum atomic E-state index is -0.224. The molecule has 0 bridgehead atoms. The Labute approximate surface area is 98.6 Å². The average Bonchev–Trinajstić information content (AvgIpc) is 2.88. The number of amides is 1. The summed E-state index contributed by atoms with van der Waals surface area (Å²) in [6, 6.07) is 1.61. The first-order valence-corrected chi connectivity index (χ1v) is 5.33. The highest BCUT2D eigenvalue weighted by molar-refractivity contribution is 5.92. The Bertz CT molecular complexity index is 515. The van der Waals surface area contributed by atoms with Gasteiger partial charge in [-0.05, 0) is 6.92 Å². The molecule has 1 N–H and O–H groups in total. The van der Waals surface area contributed by atoms with E-state index < -0.39 is 0 Å². The van der Waals surface area contributed by atoms with Crippen LogP contribution in [-0.4, -0.2) is 27.2 Å². The lowest BCUT2D eigenvalue weighted by Crippen LogP contribution is -2.26. The highest BCUT2D eigenvalue weighted by Gasteiger charge is 2.09. The van der Waals surface area contributed by atoms with Gasteiger partial charge in [-0.25, -0.2) is 4.98 Å². The number of rotatable bonds is 4. The number of aryl methyl sites for hydroxylation is 2. The van der Waals surface area contributed by atoms with Crippen molar-refractivity contribution in [2.45, 2.75) is 13.3 Å². The van der Waals surface area contributed by atoms with Crippen molar-refractivity contribution in [2.24, 2.45) is 7.05 Å². The molecule has 2 aromatic rings. The molecular formula is C11H14N4O2. The van der Waals surface area contributed by atoms with Gasteiger partial charge in [0.25, 0.3) is 5.91 Å². The van der Waals surface area contributed by atoms with Gasteiger partial charge in [0.2, 0.25) is 0 Å². The molecule has 0 aliphatic rings. The summed E-state index contributed by atoms with van der Waals surface area (Å²) in [7, 11) is 1.91. The fraction of sp³-hybridized carbons (Fsp3) is 0.364. The molecule has 17 heavy (non-hydrogen) atoms. The zero-order chi connectivity index (χ0) is 12.3. The van der Waals surface area contributed by atoms with Gasteiger partial charge in [0.05, 0.1) is 12.0 Å². The van der Waals surface area contributed by atoms with E-state index in [9.17, 15) is 4.79 Å². The van der Waals surface area contributed by atoms with Gasteiger partial charge in [0.15, 0.2) is 5.69 Å². The largest absolute Gasteiger partial charge is 0.361 e. The quantitative estimate of drug-likeness (QED) is 0.844. The third-order valence-electron chi connectivity index (χ3n) is 2.29. The van der Waals surface area contributed by atoms with Gasteiger partial charge < -0.3 is 14.4 Å². The van der Waals surface area contributed by atoms with Crippen LogP contribution in [0, 0.1) is 6.92 Å². The normalized spacial score (nSPS) is 10.5. The number of imidazole rings is 1. The Morgan fingerprint density at radius 2 is 2.41 bits per heavy atom. The molecule has 2 aromatic heterocycles. The molecule has 0 atom stereocenters. The van der Waals surface area contributed by atoms with Crippen molar-refractivity contribution in [3.63, 3.8) is 0 Å². The lowest BCUT2D eigenvalue weighted by molar-refractivity contribution is 0.0945.